The number of benzene rings is 3. The van der Waals surface area contributed by atoms with Crippen LogP contribution in [0.3, 0.4) is 0 Å². The molecule has 5 heteroatoms. The van der Waals surface area contributed by atoms with Gasteiger partial charge in [0, 0.05) is 0 Å². The van der Waals surface area contributed by atoms with Gasteiger partial charge in [-0.2, -0.15) is 0 Å². The van der Waals surface area contributed by atoms with Gasteiger partial charge in [-0.1, -0.05) is 0 Å². The minimum atomic E-state index is -3.13. The van der Waals surface area contributed by atoms with Gasteiger partial charge in [-0.05, 0) is 0 Å². The Bertz CT molecular complexity index is 1180. The fraction of sp³-hybridized carbons (Fsp3) is 0.371. The Morgan fingerprint density at radius 1 is 0.600 bits per heavy atom. The molecule has 2 nitrogen and oxygen atoms in total. The van der Waals surface area contributed by atoms with E-state index >= 15 is 0 Å². The van der Waals surface area contributed by atoms with Gasteiger partial charge in [0.15, 0.2) is 0 Å². The Labute approximate surface area is 253 Å². The first-order valence-corrected chi connectivity index (χ1v) is 20.2. The second-order valence-electron chi connectivity index (χ2n) is 10.5. The quantitative estimate of drug-likeness (QED) is 0.0846. The topological polar surface area (TPSA) is 18.5 Å². The number of hydrogen-bond acceptors (Lipinski definition) is 3. The summed E-state index contributed by atoms with van der Waals surface area (Å²) in [6.07, 6.45) is 10.3. The Morgan fingerprint density at radius 2 is 1.05 bits per heavy atom. The van der Waals surface area contributed by atoms with Crippen molar-refractivity contribution in [2.75, 3.05) is 13.2 Å². The Balaban J connectivity index is 1.80. The van der Waals surface area contributed by atoms with Crippen molar-refractivity contribution in [1.29, 1.82) is 0 Å². The normalized spacial score (nSPS) is 12.5. The molecule has 1 heterocycles. The molecular formula is C35H44BrO2PS. The van der Waals surface area contributed by atoms with Gasteiger partial charge in [0.05, 0.1) is 0 Å². The van der Waals surface area contributed by atoms with E-state index in [1.807, 2.05) is 0 Å². The van der Waals surface area contributed by atoms with E-state index in [1.54, 1.807) is 11.3 Å². The van der Waals surface area contributed by atoms with Crippen molar-refractivity contribution in [3.8, 4) is 11.5 Å². The fourth-order valence-electron chi connectivity index (χ4n) is 5.35. The Morgan fingerprint density at radius 3 is 1.50 bits per heavy atom. The number of ether oxygens (including phenoxy) is 2. The molecule has 0 aliphatic heterocycles. The number of hydrogen-bond donors (Lipinski definition) is 0. The summed E-state index contributed by atoms with van der Waals surface area (Å²) in [5, 5.41) is 2.99. The van der Waals surface area contributed by atoms with Gasteiger partial charge in [-0.25, -0.2) is 0 Å². The molecular weight excluding hydrogens is 595 g/mol. The molecule has 0 aliphatic rings. The molecule has 0 saturated carbocycles. The molecule has 0 bridgehead atoms. The molecule has 3 aromatic carbocycles. The van der Waals surface area contributed by atoms with Crippen LogP contribution >= 0.6 is 32.1 Å². The summed E-state index contributed by atoms with van der Waals surface area (Å²) < 4.78 is 13.0. The number of rotatable bonds is 17. The molecule has 4 aromatic rings. The zero-order valence-electron chi connectivity index (χ0n) is 24.1. The van der Waals surface area contributed by atoms with E-state index in [-0.39, 0.29) is 0 Å². The zero-order chi connectivity index (χ0) is 28.1. The second-order valence-corrected chi connectivity index (χ2v) is 20.4. The molecule has 0 spiro atoms. The van der Waals surface area contributed by atoms with Crippen molar-refractivity contribution >= 4 is 48.0 Å². The van der Waals surface area contributed by atoms with Crippen LogP contribution in [0.15, 0.2) is 96.4 Å². The summed E-state index contributed by atoms with van der Waals surface area (Å²) in [7, 11) is 0. The molecule has 214 valence electrons. The summed E-state index contributed by atoms with van der Waals surface area (Å²) in [4.78, 5) is 1.24. The van der Waals surface area contributed by atoms with Crippen molar-refractivity contribution in [3.63, 3.8) is 0 Å². The van der Waals surface area contributed by atoms with Gasteiger partial charge >= 0.3 is 255 Å². The van der Waals surface area contributed by atoms with E-state index in [0.717, 1.165) is 43.7 Å². The van der Waals surface area contributed by atoms with Crippen molar-refractivity contribution in [3.05, 3.63) is 101 Å². The van der Waals surface area contributed by atoms with E-state index in [4.69, 9.17) is 9.47 Å². The monoisotopic (exact) mass is 638 g/mol. The maximum absolute atomic E-state index is 6.62. The van der Waals surface area contributed by atoms with E-state index in [2.05, 4.69) is 126 Å². The van der Waals surface area contributed by atoms with E-state index in [1.165, 1.54) is 59.3 Å². The maximum atomic E-state index is 6.62. The first-order valence-electron chi connectivity index (χ1n) is 14.9. The van der Waals surface area contributed by atoms with Crippen LogP contribution in [0, 0.1) is 0 Å². The van der Waals surface area contributed by atoms with Crippen LogP contribution in [0.5, 0.6) is 11.5 Å². The second kappa shape index (κ2) is 15.2. The molecule has 4 rings (SSSR count). The number of thiophene rings is 1. The average Bonchev–Trinajstić information content (AvgIpc) is 3.38. The van der Waals surface area contributed by atoms with Crippen molar-refractivity contribution in [2.45, 2.75) is 71.4 Å². The van der Waals surface area contributed by atoms with Crippen LogP contribution in [0.4, 0.5) is 0 Å². The number of halogens is 1. The SMILES string of the molecule is CCCCCCOc1csc(CP(Br)(c2ccccc2)(c2ccccc2)c2ccccc2)c1OCCCCCC. The summed E-state index contributed by atoms with van der Waals surface area (Å²) in [6.45, 7) is 5.94. The van der Waals surface area contributed by atoms with Crippen LogP contribution in [0.1, 0.15) is 70.1 Å². The molecule has 0 saturated heterocycles. The van der Waals surface area contributed by atoms with Crippen LogP contribution < -0.4 is 25.4 Å². The summed E-state index contributed by atoms with van der Waals surface area (Å²) >= 11 is 6.40. The predicted octanol–water partition coefficient (Wildman–Crippen LogP) is 10.0. The predicted molar refractivity (Wildman–Crippen MR) is 181 cm³/mol. The average molecular weight is 640 g/mol. The van der Waals surface area contributed by atoms with Gasteiger partial charge in [0.2, 0.25) is 0 Å². The van der Waals surface area contributed by atoms with Gasteiger partial charge in [0.25, 0.3) is 0 Å². The molecule has 0 fully saturated rings. The van der Waals surface area contributed by atoms with Crippen molar-refractivity contribution < 1.29 is 9.47 Å². The van der Waals surface area contributed by atoms with E-state index < -0.39 is 5.31 Å². The first kappa shape index (κ1) is 30.8. The molecule has 0 aliphatic carbocycles. The zero-order valence-corrected chi connectivity index (χ0v) is 27.4. The van der Waals surface area contributed by atoms with Crippen LogP contribution in [-0.4, -0.2) is 13.2 Å². The van der Waals surface area contributed by atoms with Crippen LogP contribution in [-0.2, 0) is 6.16 Å². The Kier molecular flexibility index (Phi) is 11.7. The van der Waals surface area contributed by atoms with Crippen LogP contribution in [0.2, 0.25) is 0 Å². The van der Waals surface area contributed by atoms with Crippen molar-refractivity contribution in [1.82, 2.24) is 0 Å². The molecule has 0 radical (unpaired) electrons. The van der Waals surface area contributed by atoms with Gasteiger partial charge < -0.3 is 0 Å². The summed E-state index contributed by atoms with van der Waals surface area (Å²) in [5.41, 5.74) is 0. The molecule has 0 unspecified atom stereocenters. The number of unbranched alkanes of at least 4 members (excludes halogenated alkanes) is 6. The Hall–Kier alpha value is -2.13. The third-order valence-electron chi connectivity index (χ3n) is 7.61. The minimum absolute atomic E-state index is 0.718. The molecule has 1 aromatic heterocycles. The van der Waals surface area contributed by atoms with Crippen LogP contribution in [0.25, 0.3) is 0 Å². The van der Waals surface area contributed by atoms with Gasteiger partial charge in [-0.3, -0.25) is 0 Å². The van der Waals surface area contributed by atoms with E-state index in [0.29, 0.717) is 0 Å². The summed E-state index contributed by atoms with van der Waals surface area (Å²) in [6, 6.07) is 33.0. The third kappa shape index (κ3) is 7.01. The van der Waals surface area contributed by atoms with Gasteiger partial charge in [-0.15, -0.1) is 0 Å². The van der Waals surface area contributed by atoms with Crippen molar-refractivity contribution in [2.24, 2.45) is 0 Å². The molecule has 0 N–H and O–H groups in total. The molecule has 40 heavy (non-hydrogen) atoms. The molecule has 0 amide bonds. The standard InChI is InChI=1S/C35H44BrO2PS/c1-3-5-7-18-26-37-33-29-40-34(35(33)38-27-19-8-6-4-2)28-39(36,30-20-12-9-13-21-30,31-22-14-10-15-23-31)32-24-16-11-17-25-32/h9-17,20-25,29H,3-8,18-19,26-28H2,1-2H3. The third-order valence-corrected chi connectivity index (χ3v) is 18.2. The van der Waals surface area contributed by atoms with E-state index in [9.17, 15) is 0 Å². The van der Waals surface area contributed by atoms with Gasteiger partial charge in [0.1, 0.15) is 0 Å². The first-order chi connectivity index (χ1) is 19.6. The molecule has 0 atom stereocenters. The summed E-state index contributed by atoms with van der Waals surface area (Å²) in [5.74, 6) is 1.84. The fourth-order valence-corrected chi connectivity index (χ4v) is 15.0.